The van der Waals surface area contributed by atoms with Gasteiger partial charge in [-0.15, -0.1) is 11.6 Å². The Labute approximate surface area is 130 Å². The maximum atomic E-state index is 5.95. The summed E-state index contributed by atoms with van der Waals surface area (Å²) in [6.07, 6.45) is 0. The fourth-order valence-electron chi connectivity index (χ4n) is 2.08. The van der Waals surface area contributed by atoms with Crippen LogP contribution in [-0.2, 0) is 12.5 Å². The summed E-state index contributed by atoms with van der Waals surface area (Å²) in [6.45, 7) is 2.46. The first-order valence-electron chi connectivity index (χ1n) is 6.67. The molecule has 0 aliphatic carbocycles. The van der Waals surface area contributed by atoms with Gasteiger partial charge in [-0.25, -0.2) is 0 Å². The third kappa shape index (κ3) is 3.82. The molecule has 2 aromatic rings. The van der Waals surface area contributed by atoms with Gasteiger partial charge < -0.3 is 14.2 Å². The van der Waals surface area contributed by atoms with E-state index in [-0.39, 0.29) is 0 Å². The van der Waals surface area contributed by atoms with E-state index in [9.17, 15) is 0 Å². The number of methoxy groups -OCH3 is 2. The van der Waals surface area contributed by atoms with Crippen LogP contribution in [0.3, 0.4) is 0 Å². The Kier molecular flexibility index (Phi) is 5.34. The molecule has 0 saturated heterocycles. The van der Waals surface area contributed by atoms with Crippen LogP contribution in [-0.4, -0.2) is 14.2 Å². The topological polar surface area (TPSA) is 27.7 Å². The van der Waals surface area contributed by atoms with Gasteiger partial charge in [0.05, 0.1) is 20.1 Å². The van der Waals surface area contributed by atoms with E-state index >= 15 is 0 Å². The molecule has 0 bridgehead atoms. The third-order valence-electron chi connectivity index (χ3n) is 3.24. The van der Waals surface area contributed by atoms with Gasteiger partial charge in [-0.05, 0) is 25.1 Å². The number of aryl methyl sites for hydroxylation is 1. The van der Waals surface area contributed by atoms with Crippen molar-refractivity contribution in [3.63, 3.8) is 0 Å². The van der Waals surface area contributed by atoms with Crippen LogP contribution in [0.25, 0.3) is 0 Å². The quantitative estimate of drug-likeness (QED) is 0.743. The predicted octanol–water partition coefficient (Wildman–Crippen LogP) is 4.33. The van der Waals surface area contributed by atoms with Crippen LogP contribution in [0.5, 0.6) is 17.2 Å². The zero-order valence-corrected chi connectivity index (χ0v) is 13.2. The number of hydrogen-bond donors (Lipinski definition) is 0. The molecule has 0 atom stereocenters. The van der Waals surface area contributed by atoms with Gasteiger partial charge >= 0.3 is 0 Å². The number of hydrogen-bond acceptors (Lipinski definition) is 3. The molecule has 0 aromatic heterocycles. The van der Waals surface area contributed by atoms with Crippen molar-refractivity contribution in [2.24, 2.45) is 0 Å². The minimum Gasteiger partial charge on any atom is -0.497 e. The van der Waals surface area contributed by atoms with Crippen molar-refractivity contribution in [2.75, 3.05) is 14.2 Å². The molecule has 0 unspecified atom stereocenters. The van der Waals surface area contributed by atoms with Crippen molar-refractivity contribution >= 4 is 11.6 Å². The second-order valence-electron chi connectivity index (χ2n) is 4.71. The standard InChI is InChI=1S/C17H19ClO3/c1-12-4-7-16(20-3)14(8-12)11-21-17-9-15(19-2)6-5-13(17)10-18/h4-9H,10-11H2,1-3H3. The molecular formula is C17H19ClO3. The molecular weight excluding hydrogens is 288 g/mol. The van der Waals surface area contributed by atoms with E-state index in [1.165, 1.54) is 0 Å². The van der Waals surface area contributed by atoms with E-state index in [1.807, 2.05) is 37.3 Å². The van der Waals surface area contributed by atoms with Gasteiger partial charge in [0, 0.05) is 17.2 Å². The molecule has 2 aromatic carbocycles. The molecule has 0 radical (unpaired) electrons. The van der Waals surface area contributed by atoms with Crippen LogP contribution >= 0.6 is 11.6 Å². The summed E-state index contributed by atoms with van der Waals surface area (Å²) in [5, 5.41) is 0. The summed E-state index contributed by atoms with van der Waals surface area (Å²) in [7, 11) is 3.28. The first kappa shape index (κ1) is 15.5. The summed E-state index contributed by atoms with van der Waals surface area (Å²) in [5.74, 6) is 2.68. The van der Waals surface area contributed by atoms with Gasteiger partial charge in [-0.1, -0.05) is 17.7 Å². The molecule has 0 N–H and O–H groups in total. The molecule has 21 heavy (non-hydrogen) atoms. The van der Waals surface area contributed by atoms with Crippen LogP contribution in [0, 0.1) is 6.92 Å². The number of alkyl halides is 1. The van der Waals surface area contributed by atoms with Crippen LogP contribution in [0.4, 0.5) is 0 Å². The molecule has 0 heterocycles. The second kappa shape index (κ2) is 7.23. The highest BCUT2D eigenvalue weighted by molar-refractivity contribution is 6.17. The first-order chi connectivity index (χ1) is 10.2. The lowest BCUT2D eigenvalue weighted by Crippen LogP contribution is -2.01. The lowest BCUT2D eigenvalue weighted by atomic mass is 10.1. The van der Waals surface area contributed by atoms with Gasteiger partial charge in [0.2, 0.25) is 0 Å². The fraction of sp³-hybridized carbons (Fsp3) is 0.294. The largest absolute Gasteiger partial charge is 0.497 e. The monoisotopic (exact) mass is 306 g/mol. The Hall–Kier alpha value is -1.87. The van der Waals surface area contributed by atoms with Gasteiger partial charge in [0.25, 0.3) is 0 Å². The van der Waals surface area contributed by atoms with Crippen molar-refractivity contribution in [1.82, 2.24) is 0 Å². The van der Waals surface area contributed by atoms with Crippen molar-refractivity contribution in [2.45, 2.75) is 19.4 Å². The summed E-state index contributed by atoms with van der Waals surface area (Å²) < 4.78 is 16.5. The Morgan fingerprint density at radius 1 is 0.905 bits per heavy atom. The highest BCUT2D eigenvalue weighted by Crippen LogP contribution is 2.28. The summed E-state index contributed by atoms with van der Waals surface area (Å²) >= 11 is 5.95. The Balaban J connectivity index is 2.21. The minimum absolute atomic E-state index is 0.393. The number of halogens is 1. The van der Waals surface area contributed by atoms with E-state index in [4.69, 9.17) is 25.8 Å². The Morgan fingerprint density at radius 3 is 2.38 bits per heavy atom. The molecule has 3 nitrogen and oxygen atoms in total. The van der Waals surface area contributed by atoms with Crippen molar-refractivity contribution < 1.29 is 14.2 Å². The minimum atomic E-state index is 0.393. The lowest BCUT2D eigenvalue weighted by molar-refractivity contribution is 0.292. The van der Waals surface area contributed by atoms with Crippen LogP contribution in [0.1, 0.15) is 16.7 Å². The molecule has 0 fully saturated rings. The lowest BCUT2D eigenvalue weighted by Gasteiger charge is -2.14. The third-order valence-corrected chi connectivity index (χ3v) is 3.53. The molecule has 0 aliphatic rings. The van der Waals surface area contributed by atoms with Crippen molar-refractivity contribution in [3.05, 3.63) is 53.1 Å². The molecule has 0 aliphatic heterocycles. The zero-order valence-electron chi connectivity index (χ0n) is 12.5. The average Bonchev–Trinajstić information content (AvgIpc) is 2.52. The highest BCUT2D eigenvalue weighted by atomic mass is 35.5. The van der Waals surface area contributed by atoms with E-state index in [2.05, 4.69) is 6.07 Å². The number of ether oxygens (including phenoxy) is 3. The average molecular weight is 307 g/mol. The van der Waals surface area contributed by atoms with Crippen molar-refractivity contribution in [1.29, 1.82) is 0 Å². The van der Waals surface area contributed by atoms with E-state index in [0.29, 0.717) is 12.5 Å². The smallest absolute Gasteiger partial charge is 0.127 e. The van der Waals surface area contributed by atoms with Crippen LogP contribution < -0.4 is 14.2 Å². The zero-order chi connectivity index (χ0) is 15.2. The Bertz CT molecular complexity index is 611. The first-order valence-corrected chi connectivity index (χ1v) is 7.20. The van der Waals surface area contributed by atoms with Crippen molar-refractivity contribution in [3.8, 4) is 17.2 Å². The second-order valence-corrected chi connectivity index (χ2v) is 4.98. The molecule has 0 saturated carbocycles. The molecule has 112 valence electrons. The maximum absolute atomic E-state index is 5.95. The molecule has 0 spiro atoms. The van der Waals surface area contributed by atoms with Crippen LogP contribution in [0.2, 0.25) is 0 Å². The van der Waals surface area contributed by atoms with Gasteiger partial charge in [0.15, 0.2) is 0 Å². The van der Waals surface area contributed by atoms with Gasteiger partial charge in [-0.3, -0.25) is 0 Å². The van der Waals surface area contributed by atoms with Gasteiger partial charge in [0.1, 0.15) is 23.9 Å². The highest BCUT2D eigenvalue weighted by Gasteiger charge is 2.08. The predicted molar refractivity (Wildman–Crippen MR) is 84.6 cm³/mol. The fourth-order valence-corrected chi connectivity index (χ4v) is 2.30. The van der Waals surface area contributed by atoms with Crippen LogP contribution in [0.15, 0.2) is 36.4 Å². The number of benzene rings is 2. The summed E-state index contributed by atoms with van der Waals surface area (Å²) in [4.78, 5) is 0. The molecule has 2 rings (SSSR count). The van der Waals surface area contributed by atoms with Gasteiger partial charge in [-0.2, -0.15) is 0 Å². The Morgan fingerprint density at radius 2 is 1.71 bits per heavy atom. The number of rotatable bonds is 6. The normalized spacial score (nSPS) is 10.3. The van der Waals surface area contributed by atoms with E-state index in [0.717, 1.165) is 33.9 Å². The summed E-state index contributed by atoms with van der Waals surface area (Å²) in [6, 6.07) is 11.6. The van der Waals surface area contributed by atoms with E-state index < -0.39 is 0 Å². The maximum Gasteiger partial charge on any atom is 0.127 e. The summed E-state index contributed by atoms with van der Waals surface area (Å²) in [5.41, 5.74) is 3.10. The SMILES string of the molecule is COc1ccc(CCl)c(OCc2cc(C)ccc2OC)c1. The molecule has 4 heteroatoms. The van der Waals surface area contributed by atoms with E-state index in [1.54, 1.807) is 14.2 Å². The molecule has 0 amide bonds.